The summed E-state index contributed by atoms with van der Waals surface area (Å²) in [4.78, 5) is 21.5. The van der Waals surface area contributed by atoms with E-state index < -0.39 is 5.97 Å². The number of terminal acetylenes is 1. The van der Waals surface area contributed by atoms with Crippen molar-refractivity contribution in [1.29, 1.82) is 0 Å². The molecule has 2 rings (SSSR count). The lowest BCUT2D eigenvalue weighted by Crippen LogP contribution is -2.36. The SMILES string of the molecule is C#CCN.O=C(O)CCCC[C@@H]1SC[C@@H]2NC(=O)N[C@@H]21. The van der Waals surface area contributed by atoms with Crippen LogP contribution in [0, 0.1) is 12.3 Å². The van der Waals surface area contributed by atoms with Crippen molar-refractivity contribution in [3.63, 3.8) is 0 Å². The second kappa shape index (κ2) is 8.72. The van der Waals surface area contributed by atoms with Crippen LogP contribution in [0.4, 0.5) is 4.79 Å². The Bertz CT molecular complexity index is 384. The molecule has 0 saturated carbocycles. The maximum atomic E-state index is 11.1. The maximum absolute atomic E-state index is 11.1. The Morgan fingerprint density at radius 2 is 2.20 bits per heavy atom. The highest BCUT2D eigenvalue weighted by Crippen LogP contribution is 2.33. The Morgan fingerprint density at radius 1 is 1.50 bits per heavy atom. The molecule has 3 atom stereocenters. The van der Waals surface area contributed by atoms with Crippen LogP contribution in [0.3, 0.4) is 0 Å². The number of thioether (sulfide) groups is 1. The number of hydrogen-bond donors (Lipinski definition) is 4. The number of carboxylic acids is 1. The highest BCUT2D eigenvalue weighted by Gasteiger charge is 2.42. The highest BCUT2D eigenvalue weighted by atomic mass is 32.2. The van der Waals surface area contributed by atoms with Crippen LogP contribution in [0.2, 0.25) is 0 Å². The summed E-state index contributed by atoms with van der Waals surface area (Å²) in [5.41, 5.74) is 4.79. The fourth-order valence-electron chi connectivity index (χ4n) is 2.26. The van der Waals surface area contributed by atoms with Crippen molar-refractivity contribution in [1.82, 2.24) is 10.6 Å². The van der Waals surface area contributed by atoms with E-state index >= 15 is 0 Å². The van der Waals surface area contributed by atoms with Crippen LogP contribution in [0.1, 0.15) is 25.7 Å². The van der Waals surface area contributed by atoms with Crippen LogP contribution in [-0.4, -0.2) is 46.7 Å². The third-order valence-electron chi connectivity index (χ3n) is 3.19. The van der Waals surface area contributed by atoms with Crippen molar-refractivity contribution in [3.8, 4) is 12.3 Å². The average molecular weight is 299 g/mol. The van der Waals surface area contributed by atoms with Gasteiger partial charge in [-0.25, -0.2) is 4.79 Å². The summed E-state index contributed by atoms with van der Waals surface area (Å²) < 4.78 is 0. The van der Waals surface area contributed by atoms with Gasteiger partial charge in [0.15, 0.2) is 0 Å². The van der Waals surface area contributed by atoms with Crippen molar-refractivity contribution >= 4 is 23.8 Å². The molecule has 7 heteroatoms. The first-order valence-electron chi connectivity index (χ1n) is 6.62. The van der Waals surface area contributed by atoms with E-state index in [1.165, 1.54) is 0 Å². The van der Waals surface area contributed by atoms with Crippen molar-refractivity contribution in [2.24, 2.45) is 5.73 Å². The van der Waals surface area contributed by atoms with E-state index in [-0.39, 0.29) is 24.5 Å². The Hall–Kier alpha value is -1.39. The molecule has 0 unspecified atom stereocenters. The van der Waals surface area contributed by atoms with Crippen LogP contribution in [0.5, 0.6) is 0 Å². The molecule has 2 heterocycles. The van der Waals surface area contributed by atoms with Crippen molar-refractivity contribution in [2.75, 3.05) is 12.3 Å². The largest absolute Gasteiger partial charge is 0.481 e. The van der Waals surface area contributed by atoms with E-state index in [0.717, 1.165) is 25.0 Å². The van der Waals surface area contributed by atoms with Crippen LogP contribution in [-0.2, 0) is 4.79 Å². The lowest BCUT2D eigenvalue weighted by atomic mass is 10.0. The lowest BCUT2D eigenvalue weighted by Gasteiger charge is -2.16. The molecule has 5 N–H and O–H groups in total. The minimum absolute atomic E-state index is 0.0640. The molecule has 2 amide bonds. The molecule has 20 heavy (non-hydrogen) atoms. The molecule has 112 valence electrons. The van der Waals surface area contributed by atoms with Gasteiger partial charge in [0.05, 0.1) is 18.6 Å². The predicted octanol–water partition coefficient (Wildman–Crippen LogP) is 0.375. The van der Waals surface area contributed by atoms with Crippen molar-refractivity contribution in [2.45, 2.75) is 43.0 Å². The van der Waals surface area contributed by atoms with E-state index in [1.54, 1.807) is 0 Å². The molecule has 2 saturated heterocycles. The number of aliphatic carboxylic acids is 1. The topological polar surface area (TPSA) is 104 Å². The quantitative estimate of drug-likeness (QED) is 0.334. The van der Waals surface area contributed by atoms with Crippen LogP contribution in [0.15, 0.2) is 0 Å². The molecular weight excluding hydrogens is 278 g/mol. The number of nitrogens with one attached hydrogen (secondary N) is 2. The molecule has 2 fully saturated rings. The van der Waals surface area contributed by atoms with Gasteiger partial charge in [0, 0.05) is 17.4 Å². The highest BCUT2D eigenvalue weighted by molar-refractivity contribution is 8.00. The van der Waals surface area contributed by atoms with Gasteiger partial charge in [0.25, 0.3) is 0 Å². The Kier molecular flexibility index (Phi) is 7.26. The van der Waals surface area contributed by atoms with Gasteiger partial charge in [-0.1, -0.05) is 12.3 Å². The summed E-state index contributed by atoms with van der Waals surface area (Å²) in [7, 11) is 0. The second-order valence-corrected chi connectivity index (χ2v) is 5.94. The normalized spacial score (nSPS) is 26.6. The van der Waals surface area contributed by atoms with Gasteiger partial charge < -0.3 is 21.5 Å². The summed E-state index contributed by atoms with van der Waals surface area (Å²) in [6, 6.07) is 0.440. The van der Waals surface area contributed by atoms with Gasteiger partial charge in [0.2, 0.25) is 0 Å². The van der Waals surface area contributed by atoms with Crippen LogP contribution in [0.25, 0.3) is 0 Å². The molecule has 2 aliphatic heterocycles. The predicted molar refractivity (Wildman–Crippen MR) is 79.5 cm³/mol. The number of fused-ring (bicyclic) bond motifs is 1. The molecule has 0 bridgehead atoms. The second-order valence-electron chi connectivity index (χ2n) is 4.67. The minimum atomic E-state index is -0.729. The Balaban J connectivity index is 0.000000444. The number of carbonyl (C=O) groups is 2. The van der Waals surface area contributed by atoms with E-state index in [1.807, 2.05) is 11.8 Å². The number of hydrogen-bond acceptors (Lipinski definition) is 4. The van der Waals surface area contributed by atoms with E-state index in [4.69, 9.17) is 10.8 Å². The first-order valence-corrected chi connectivity index (χ1v) is 7.67. The molecule has 6 nitrogen and oxygen atoms in total. The molecule has 0 radical (unpaired) electrons. The van der Waals surface area contributed by atoms with Gasteiger partial charge in [-0.05, 0) is 12.8 Å². The van der Waals surface area contributed by atoms with E-state index in [2.05, 4.69) is 23.0 Å². The van der Waals surface area contributed by atoms with Crippen LogP contribution < -0.4 is 16.4 Å². The third kappa shape index (κ3) is 5.31. The summed E-state index contributed by atoms with van der Waals surface area (Å²) in [6.07, 6.45) is 7.53. The molecule has 0 spiro atoms. The van der Waals surface area contributed by atoms with Gasteiger partial charge >= 0.3 is 12.0 Å². The Labute approximate surface area is 123 Å². The zero-order chi connectivity index (χ0) is 15.0. The molecule has 0 aromatic carbocycles. The van der Waals surface area contributed by atoms with Gasteiger partial charge in [-0.2, -0.15) is 11.8 Å². The van der Waals surface area contributed by atoms with Gasteiger partial charge in [-0.15, -0.1) is 6.42 Å². The van der Waals surface area contributed by atoms with Crippen molar-refractivity contribution < 1.29 is 14.7 Å². The maximum Gasteiger partial charge on any atom is 0.315 e. The molecule has 0 aliphatic carbocycles. The molecule has 0 aromatic rings. The van der Waals surface area contributed by atoms with Crippen molar-refractivity contribution in [3.05, 3.63) is 0 Å². The van der Waals surface area contributed by atoms with Gasteiger partial charge in [-0.3, -0.25) is 4.79 Å². The summed E-state index contributed by atoms with van der Waals surface area (Å²) in [5.74, 6) is 2.44. The lowest BCUT2D eigenvalue weighted by molar-refractivity contribution is -0.137. The minimum Gasteiger partial charge on any atom is -0.481 e. The summed E-state index contributed by atoms with van der Waals surface area (Å²) in [5, 5.41) is 14.8. The summed E-state index contributed by atoms with van der Waals surface area (Å²) in [6.45, 7) is 0.347. The number of nitrogens with two attached hydrogens (primary N) is 1. The monoisotopic (exact) mass is 299 g/mol. The number of unbranched alkanes of at least 4 members (excludes halogenated alkanes) is 1. The first-order chi connectivity index (χ1) is 9.58. The number of rotatable bonds is 5. The zero-order valence-electron chi connectivity index (χ0n) is 11.3. The molecule has 2 aliphatic rings. The Morgan fingerprint density at radius 3 is 2.80 bits per heavy atom. The fraction of sp³-hybridized carbons (Fsp3) is 0.692. The van der Waals surface area contributed by atoms with E-state index in [9.17, 15) is 9.59 Å². The number of carboxylic acid groups (broad SMARTS) is 1. The zero-order valence-corrected chi connectivity index (χ0v) is 12.1. The number of amides is 2. The van der Waals surface area contributed by atoms with E-state index in [0.29, 0.717) is 11.8 Å². The van der Waals surface area contributed by atoms with Gasteiger partial charge in [0.1, 0.15) is 0 Å². The van der Waals surface area contributed by atoms with Crippen LogP contribution >= 0.6 is 11.8 Å². The molecular formula is C13H21N3O3S. The summed E-state index contributed by atoms with van der Waals surface area (Å²) >= 11 is 1.87. The third-order valence-corrected chi connectivity index (χ3v) is 4.69. The number of urea groups is 1. The smallest absolute Gasteiger partial charge is 0.315 e. The first kappa shape index (κ1) is 16.7. The standard InChI is InChI=1S/C10H16N2O3S.C3H5N/c13-8(14)4-2-1-3-7-9-6(5-16-7)11-10(15)12-9;1-2-3-4/h6-7,9H,1-5H2,(H,13,14)(H2,11,12,15);1H,3-4H2/t6-,7-,9-;/m0./s1. The number of carbonyl (C=O) groups excluding carboxylic acids is 1. The average Bonchev–Trinajstić information content (AvgIpc) is 2.94. The fourth-order valence-corrected chi connectivity index (χ4v) is 3.81. The molecule has 0 aromatic heterocycles.